The molecule has 0 bridgehead atoms. The summed E-state index contributed by atoms with van der Waals surface area (Å²) < 4.78 is 4.94. The number of aryl methyl sites for hydroxylation is 1. The molecule has 0 aliphatic rings. The minimum Gasteiger partial charge on any atom is -0.477 e. The molecule has 2 aromatic rings. The summed E-state index contributed by atoms with van der Waals surface area (Å²) >= 11 is 0. The summed E-state index contributed by atoms with van der Waals surface area (Å²) in [6.07, 6.45) is 1.29. The van der Waals surface area contributed by atoms with Crippen LogP contribution >= 0.6 is 0 Å². The number of aromatic amines is 1. The predicted molar refractivity (Wildman–Crippen MR) is 71.0 cm³/mol. The Labute approximate surface area is 112 Å². The molecule has 1 aromatic heterocycles. The number of carbonyl (C=O) groups is 2. The van der Waals surface area contributed by atoms with E-state index in [1.54, 1.807) is 13.0 Å². The first kappa shape index (κ1) is 13.6. The molecule has 7 heteroatoms. The van der Waals surface area contributed by atoms with Gasteiger partial charge in [0.15, 0.2) is 5.58 Å². The number of amides is 1. The second kappa shape index (κ2) is 5.04. The third kappa shape index (κ3) is 2.77. The number of aromatic nitrogens is 1. The minimum absolute atomic E-state index is 0.255. The third-order valence-corrected chi connectivity index (χ3v) is 2.60. The summed E-state index contributed by atoms with van der Waals surface area (Å²) in [5.41, 5.74) is 1.86. The molecule has 0 fully saturated rings. The van der Waals surface area contributed by atoms with E-state index < -0.39 is 17.6 Å². The normalized spacial score (nSPS) is 11.6. The third-order valence-electron chi connectivity index (χ3n) is 2.60. The lowest BCUT2D eigenvalue weighted by Crippen LogP contribution is -2.24. The molecule has 104 valence electrons. The van der Waals surface area contributed by atoms with Crippen molar-refractivity contribution in [1.29, 1.82) is 0 Å². The van der Waals surface area contributed by atoms with Gasteiger partial charge in [0.25, 0.3) is 0 Å². The molecule has 0 saturated heterocycles. The fourth-order valence-electron chi connectivity index (χ4n) is 1.84. The van der Waals surface area contributed by atoms with E-state index in [1.807, 2.05) is 0 Å². The van der Waals surface area contributed by atoms with Crippen LogP contribution in [-0.2, 0) is 9.59 Å². The van der Waals surface area contributed by atoms with Gasteiger partial charge >= 0.3 is 11.7 Å². The van der Waals surface area contributed by atoms with Gasteiger partial charge in [-0.1, -0.05) is 0 Å². The number of benzene rings is 1. The number of carboxylic acids is 1. The van der Waals surface area contributed by atoms with Crippen LogP contribution in [-0.4, -0.2) is 22.0 Å². The molecule has 0 spiro atoms. The Morgan fingerprint density at radius 2 is 2.10 bits per heavy atom. The van der Waals surface area contributed by atoms with E-state index in [2.05, 4.69) is 10.3 Å². The molecule has 0 aliphatic carbocycles. The van der Waals surface area contributed by atoms with Crippen LogP contribution in [0.15, 0.2) is 27.0 Å². The Morgan fingerprint density at radius 1 is 1.40 bits per heavy atom. The average Bonchev–Trinajstić information content (AvgIpc) is 2.68. The molecule has 7 nitrogen and oxygen atoms in total. The van der Waals surface area contributed by atoms with E-state index >= 15 is 0 Å². The highest BCUT2D eigenvalue weighted by Crippen LogP contribution is 2.19. The standard InChI is InChI=1S/C13H12N2O5/c1-6-3-8(4-9(12(17)18)14-7(2)16)5-10-11(6)15-13(19)20-10/h3-5H,1-2H3,(H,14,16)(H,15,19)(H,17,18)/b9-4-. The maximum absolute atomic E-state index is 11.1. The first-order valence-corrected chi connectivity index (χ1v) is 5.73. The van der Waals surface area contributed by atoms with Crippen molar-refractivity contribution in [3.05, 3.63) is 39.5 Å². The van der Waals surface area contributed by atoms with Gasteiger partial charge in [0.05, 0.1) is 5.52 Å². The van der Waals surface area contributed by atoms with Crippen molar-refractivity contribution in [3.8, 4) is 0 Å². The number of oxazole rings is 1. The lowest BCUT2D eigenvalue weighted by atomic mass is 10.1. The molecule has 1 aromatic carbocycles. The van der Waals surface area contributed by atoms with Gasteiger partial charge in [-0.3, -0.25) is 9.78 Å². The largest absolute Gasteiger partial charge is 0.477 e. The molecule has 3 N–H and O–H groups in total. The molecular weight excluding hydrogens is 264 g/mol. The SMILES string of the molecule is CC(=O)N/C(=C\c1cc(C)c2[nH]c(=O)oc2c1)C(=O)O. The minimum atomic E-state index is -1.26. The van der Waals surface area contributed by atoms with Crippen LogP contribution in [0.25, 0.3) is 17.2 Å². The van der Waals surface area contributed by atoms with E-state index in [1.165, 1.54) is 19.1 Å². The molecular formula is C13H12N2O5. The molecule has 0 atom stereocenters. The van der Waals surface area contributed by atoms with E-state index in [-0.39, 0.29) is 5.70 Å². The second-order valence-electron chi connectivity index (χ2n) is 4.27. The van der Waals surface area contributed by atoms with Gasteiger partial charge in [0.2, 0.25) is 5.91 Å². The topological polar surface area (TPSA) is 112 Å². The molecule has 2 rings (SSSR count). The predicted octanol–water partition coefficient (Wildman–Crippen LogP) is 0.991. The van der Waals surface area contributed by atoms with Crippen molar-refractivity contribution in [2.45, 2.75) is 13.8 Å². The summed E-state index contributed by atoms with van der Waals surface area (Å²) in [7, 11) is 0. The van der Waals surface area contributed by atoms with E-state index in [0.29, 0.717) is 16.7 Å². The molecule has 0 saturated carbocycles. The van der Waals surface area contributed by atoms with Crippen molar-refractivity contribution >= 4 is 29.1 Å². The first-order chi connectivity index (χ1) is 9.36. The molecule has 0 radical (unpaired) electrons. The molecule has 1 amide bonds. The average molecular weight is 276 g/mol. The van der Waals surface area contributed by atoms with Crippen LogP contribution in [0, 0.1) is 6.92 Å². The quantitative estimate of drug-likeness (QED) is 0.724. The monoisotopic (exact) mass is 276 g/mol. The molecule has 0 unspecified atom stereocenters. The number of H-pyrrole nitrogens is 1. The number of aliphatic carboxylic acids is 1. The van der Waals surface area contributed by atoms with Crippen molar-refractivity contribution < 1.29 is 19.1 Å². The van der Waals surface area contributed by atoms with Crippen LogP contribution in [0.5, 0.6) is 0 Å². The number of rotatable bonds is 3. The number of nitrogens with one attached hydrogen (secondary N) is 2. The van der Waals surface area contributed by atoms with Crippen LogP contribution in [0.4, 0.5) is 0 Å². The van der Waals surface area contributed by atoms with Crippen LogP contribution in [0.3, 0.4) is 0 Å². The summed E-state index contributed by atoms with van der Waals surface area (Å²) in [5, 5.41) is 11.2. The van der Waals surface area contributed by atoms with Crippen LogP contribution < -0.4 is 11.1 Å². The fourth-order valence-corrected chi connectivity index (χ4v) is 1.84. The van der Waals surface area contributed by atoms with Crippen molar-refractivity contribution in [3.63, 3.8) is 0 Å². The number of carbonyl (C=O) groups excluding carboxylic acids is 1. The van der Waals surface area contributed by atoms with Crippen molar-refractivity contribution in [2.75, 3.05) is 0 Å². The highest BCUT2D eigenvalue weighted by molar-refractivity contribution is 5.96. The van der Waals surface area contributed by atoms with Crippen LogP contribution in [0.2, 0.25) is 0 Å². The molecule has 0 aliphatic heterocycles. The fraction of sp³-hybridized carbons (Fsp3) is 0.154. The Kier molecular flexibility index (Phi) is 3.43. The van der Waals surface area contributed by atoms with E-state index in [9.17, 15) is 14.4 Å². The second-order valence-corrected chi connectivity index (χ2v) is 4.27. The van der Waals surface area contributed by atoms with E-state index in [0.717, 1.165) is 5.56 Å². The maximum atomic E-state index is 11.1. The number of hydrogen-bond donors (Lipinski definition) is 3. The molecule has 20 heavy (non-hydrogen) atoms. The first-order valence-electron chi connectivity index (χ1n) is 5.73. The Morgan fingerprint density at radius 3 is 2.70 bits per heavy atom. The summed E-state index contributed by atoms with van der Waals surface area (Å²) in [6.45, 7) is 2.97. The number of carboxylic acid groups (broad SMARTS) is 1. The molecule has 1 heterocycles. The highest BCUT2D eigenvalue weighted by Gasteiger charge is 2.11. The lowest BCUT2D eigenvalue weighted by molar-refractivity contribution is -0.134. The lowest BCUT2D eigenvalue weighted by Gasteiger charge is -2.04. The van der Waals surface area contributed by atoms with Crippen molar-refractivity contribution in [2.24, 2.45) is 0 Å². The maximum Gasteiger partial charge on any atom is 0.417 e. The van der Waals surface area contributed by atoms with Gasteiger partial charge in [-0.2, -0.15) is 0 Å². The van der Waals surface area contributed by atoms with Crippen LogP contribution in [0.1, 0.15) is 18.1 Å². The summed E-state index contributed by atoms with van der Waals surface area (Å²) in [5.74, 6) is -2.32. The zero-order chi connectivity index (χ0) is 14.9. The Bertz CT molecular complexity index is 782. The number of fused-ring (bicyclic) bond motifs is 1. The van der Waals surface area contributed by atoms with Gasteiger partial charge in [-0.15, -0.1) is 0 Å². The van der Waals surface area contributed by atoms with Gasteiger partial charge in [-0.05, 0) is 36.3 Å². The summed E-state index contributed by atoms with van der Waals surface area (Å²) in [6, 6.07) is 3.20. The van der Waals surface area contributed by atoms with Gasteiger partial charge < -0.3 is 14.8 Å². The Balaban J connectivity index is 2.53. The van der Waals surface area contributed by atoms with Crippen molar-refractivity contribution in [1.82, 2.24) is 10.3 Å². The highest BCUT2D eigenvalue weighted by atomic mass is 16.4. The van der Waals surface area contributed by atoms with Gasteiger partial charge in [0.1, 0.15) is 5.70 Å². The Hall–Kier alpha value is -2.83. The van der Waals surface area contributed by atoms with Gasteiger partial charge in [-0.25, -0.2) is 9.59 Å². The summed E-state index contributed by atoms with van der Waals surface area (Å²) in [4.78, 5) is 35.7. The zero-order valence-electron chi connectivity index (χ0n) is 10.8. The van der Waals surface area contributed by atoms with Gasteiger partial charge in [0, 0.05) is 6.92 Å². The van der Waals surface area contributed by atoms with E-state index in [4.69, 9.17) is 9.52 Å². The number of hydrogen-bond acceptors (Lipinski definition) is 4. The smallest absolute Gasteiger partial charge is 0.417 e. The zero-order valence-corrected chi connectivity index (χ0v) is 10.8.